The fourth-order valence-corrected chi connectivity index (χ4v) is 1.79. The summed E-state index contributed by atoms with van der Waals surface area (Å²) in [6.45, 7) is 9.16. The highest BCUT2D eigenvalue weighted by Crippen LogP contribution is 2.19. The van der Waals surface area contributed by atoms with E-state index < -0.39 is 0 Å². The number of hydrogen-bond acceptors (Lipinski definition) is 3. The van der Waals surface area contributed by atoms with Crippen molar-refractivity contribution >= 4 is 5.91 Å². The number of hydrogen-bond donors (Lipinski definition) is 1. The van der Waals surface area contributed by atoms with Gasteiger partial charge < -0.3 is 14.8 Å². The third-order valence-corrected chi connectivity index (χ3v) is 2.70. The number of nitrogens with one attached hydrogen (secondary N) is 1. The van der Waals surface area contributed by atoms with Gasteiger partial charge in [0.1, 0.15) is 5.75 Å². The first kappa shape index (κ1) is 16.2. The summed E-state index contributed by atoms with van der Waals surface area (Å²) in [5.41, 5.74) is 2.98. The molecule has 0 radical (unpaired) electrons. The minimum Gasteiger partial charge on any atom is -0.496 e. The number of benzene rings is 1. The molecule has 1 N–H and O–H groups in total. The molecule has 0 spiro atoms. The van der Waals surface area contributed by atoms with Gasteiger partial charge in [0.25, 0.3) is 0 Å². The van der Waals surface area contributed by atoms with Crippen molar-refractivity contribution in [3.63, 3.8) is 0 Å². The van der Waals surface area contributed by atoms with Crippen LogP contribution in [0.4, 0.5) is 0 Å². The molecule has 0 atom stereocenters. The van der Waals surface area contributed by atoms with Gasteiger partial charge in [-0.25, -0.2) is 0 Å². The quantitative estimate of drug-likeness (QED) is 0.585. The van der Waals surface area contributed by atoms with Crippen LogP contribution in [0.25, 0.3) is 0 Å². The number of amides is 1. The summed E-state index contributed by atoms with van der Waals surface area (Å²) in [5, 5.41) is 2.83. The maximum Gasteiger partial charge on any atom is 0.224 e. The van der Waals surface area contributed by atoms with Crippen molar-refractivity contribution < 1.29 is 14.3 Å². The average Bonchev–Trinajstić information content (AvgIpc) is 2.38. The van der Waals surface area contributed by atoms with Gasteiger partial charge in [-0.15, -0.1) is 0 Å². The van der Waals surface area contributed by atoms with Crippen LogP contribution in [0.3, 0.4) is 0 Å². The Morgan fingerprint density at radius 1 is 1.40 bits per heavy atom. The van der Waals surface area contributed by atoms with Crippen molar-refractivity contribution in [2.24, 2.45) is 0 Å². The van der Waals surface area contributed by atoms with E-state index in [1.807, 2.05) is 32.0 Å². The molecule has 4 heteroatoms. The van der Waals surface area contributed by atoms with Gasteiger partial charge in [-0.2, -0.15) is 0 Å². The summed E-state index contributed by atoms with van der Waals surface area (Å²) in [7, 11) is 1.61. The van der Waals surface area contributed by atoms with Crippen molar-refractivity contribution in [3.8, 4) is 5.75 Å². The Hall–Kier alpha value is -1.81. The third kappa shape index (κ3) is 5.89. The van der Waals surface area contributed by atoms with E-state index in [4.69, 9.17) is 9.47 Å². The van der Waals surface area contributed by atoms with Gasteiger partial charge >= 0.3 is 0 Å². The molecule has 0 saturated carbocycles. The first-order chi connectivity index (χ1) is 9.52. The van der Waals surface area contributed by atoms with Crippen LogP contribution in [-0.2, 0) is 16.0 Å². The number of rotatable bonds is 8. The van der Waals surface area contributed by atoms with Crippen LogP contribution < -0.4 is 10.1 Å². The van der Waals surface area contributed by atoms with Crippen LogP contribution in [0, 0.1) is 6.92 Å². The first-order valence-electron chi connectivity index (χ1n) is 6.65. The molecule has 0 heterocycles. The highest BCUT2D eigenvalue weighted by Gasteiger charge is 2.08. The van der Waals surface area contributed by atoms with Gasteiger partial charge in [-0.05, 0) is 19.9 Å². The molecule has 0 fully saturated rings. The summed E-state index contributed by atoms with van der Waals surface area (Å²) < 4.78 is 10.6. The zero-order valence-corrected chi connectivity index (χ0v) is 12.5. The monoisotopic (exact) mass is 277 g/mol. The number of aryl methyl sites for hydroxylation is 1. The Kier molecular flexibility index (Phi) is 6.81. The van der Waals surface area contributed by atoms with Crippen LogP contribution in [-0.4, -0.2) is 32.8 Å². The van der Waals surface area contributed by atoms with Gasteiger partial charge in [0.05, 0.1) is 26.7 Å². The smallest absolute Gasteiger partial charge is 0.224 e. The van der Waals surface area contributed by atoms with E-state index in [1.54, 1.807) is 7.11 Å². The lowest BCUT2D eigenvalue weighted by atomic mass is 10.1. The number of methoxy groups -OCH3 is 1. The number of carbonyl (C=O) groups is 1. The summed E-state index contributed by atoms with van der Waals surface area (Å²) in [4.78, 5) is 11.8. The maximum absolute atomic E-state index is 11.8. The molecule has 0 aliphatic rings. The van der Waals surface area contributed by atoms with E-state index in [0.29, 0.717) is 26.2 Å². The van der Waals surface area contributed by atoms with E-state index in [-0.39, 0.29) is 5.91 Å². The molecule has 0 aliphatic carbocycles. The highest BCUT2D eigenvalue weighted by molar-refractivity contribution is 5.79. The molecule has 0 unspecified atom stereocenters. The van der Waals surface area contributed by atoms with Crippen LogP contribution in [0.15, 0.2) is 30.4 Å². The van der Waals surface area contributed by atoms with E-state index in [1.165, 1.54) is 0 Å². The van der Waals surface area contributed by atoms with Crippen LogP contribution >= 0.6 is 0 Å². The molecule has 0 saturated heterocycles. The highest BCUT2D eigenvalue weighted by atomic mass is 16.5. The summed E-state index contributed by atoms with van der Waals surface area (Å²) in [6, 6.07) is 5.82. The largest absolute Gasteiger partial charge is 0.496 e. The fourth-order valence-electron chi connectivity index (χ4n) is 1.79. The lowest BCUT2D eigenvalue weighted by Crippen LogP contribution is -2.28. The van der Waals surface area contributed by atoms with E-state index in [0.717, 1.165) is 22.4 Å². The standard InChI is InChI=1S/C16H23NO3/c1-12(2)11-20-8-7-17-16(18)10-14-9-13(3)5-6-15(14)19-4/h5-6,9H,1,7-8,10-11H2,2-4H3,(H,17,18). The molecule has 1 rings (SSSR count). The molecular formula is C16H23NO3. The lowest BCUT2D eigenvalue weighted by Gasteiger charge is -2.10. The van der Waals surface area contributed by atoms with E-state index in [2.05, 4.69) is 11.9 Å². The molecule has 4 nitrogen and oxygen atoms in total. The van der Waals surface area contributed by atoms with Gasteiger partial charge in [0, 0.05) is 12.1 Å². The van der Waals surface area contributed by atoms with Gasteiger partial charge in [0.2, 0.25) is 5.91 Å². The molecule has 0 aromatic heterocycles. The molecule has 20 heavy (non-hydrogen) atoms. The van der Waals surface area contributed by atoms with Crippen molar-refractivity contribution in [2.45, 2.75) is 20.3 Å². The Morgan fingerprint density at radius 2 is 2.15 bits per heavy atom. The summed E-state index contributed by atoms with van der Waals surface area (Å²) in [5.74, 6) is 0.706. The van der Waals surface area contributed by atoms with Crippen LogP contribution in [0.5, 0.6) is 5.75 Å². The summed E-state index contributed by atoms with van der Waals surface area (Å²) >= 11 is 0. The van der Waals surface area contributed by atoms with Crippen molar-refractivity contribution in [3.05, 3.63) is 41.5 Å². The predicted molar refractivity (Wildman–Crippen MR) is 80.1 cm³/mol. The Morgan fingerprint density at radius 3 is 2.80 bits per heavy atom. The number of ether oxygens (including phenoxy) is 2. The Bertz CT molecular complexity index is 469. The molecule has 1 amide bonds. The SMILES string of the molecule is C=C(C)COCCNC(=O)Cc1cc(C)ccc1OC. The molecule has 0 bridgehead atoms. The maximum atomic E-state index is 11.8. The third-order valence-electron chi connectivity index (χ3n) is 2.70. The van der Waals surface area contributed by atoms with Gasteiger partial charge in [-0.3, -0.25) is 4.79 Å². The molecule has 110 valence electrons. The zero-order valence-electron chi connectivity index (χ0n) is 12.5. The minimum atomic E-state index is -0.0344. The van der Waals surface area contributed by atoms with Crippen molar-refractivity contribution in [1.82, 2.24) is 5.32 Å². The summed E-state index contributed by atoms with van der Waals surface area (Å²) in [6.07, 6.45) is 0.311. The zero-order chi connectivity index (χ0) is 15.0. The average molecular weight is 277 g/mol. The van der Waals surface area contributed by atoms with Gasteiger partial charge in [0.15, 0.2) is 0 Å². The predicted octanol–water partition coefficient (Wildman–Crippen LogP) is 2.26. The lowest BCUT2D eigenvalue weighted by molar-refractivity contribution is -0.120. The fraction of sp³-hybridized carbons (Fsp3) is 0.438. The normalized spacial score (nSPS) is 10.2. The van der Waals surface area contributed by atoms with Crippen LogP contribution in [0.2, 0.25) is 0 Å². The van der Waals surface area contributed by atoms with Gasteiger partial charge in [-0.1, -0.05) is 29.8 Å². The second-order valence-corrected chi connectivity index (χ2v) is 4.85. The molecule has 1 aromatic carbocycles. The minimum absolute atomic E-state index is 0.0344. The molecule has 0 aliphatic heterocycles. The Balaban J connectivity index is 2.38. The van der Waals surface area contributed by atoms with E-state index >= 15 is 0 Å². The van der Waals surface area contributed by atoms with Crippen molar-refractivity contribution in [2.75, 3.05) is 26.9 Å². The van der Waals surface area contributed by atoms with Crippen molar-refractivity contribution in [1.29, 1.82) is 0 Å². The first-order valence-corrected chi connectivity index (χ1v) is 6.65. The Labute approximate surface area is 120 Å². The topological polar surface area (TPSA) is 47.6 Å². The molecular weight excluding hydrogens is 254 g/mol. The molecule has 1 aromatic rings. The van der Waals surface area contributed by atoms with Crippen LogP contribution in [0.1, 0.15) is 18.1 Å². The second kappa shape index (κ2) is 8.38. The number of carbonyl (C=O) groups excluding carboxylic acids is 1. The second-order valence-electron chi connectivity index (χ2n) is 4.85. The van der Waals surface area contributed by atoms with E-state index in [9.17, 15) is 4.79 Å².